The molecule has 2 N–H and O–H groups in total. The first kappa shape index (κ1) is 7.61. The Morgan fingerprint density at radius 2 is 2.17 bits per heavy atom. The van der Waals surface area contributed by atoms with E-state index in [9.17, 15) is 4.79 Å². The number of hydrogen-bond acceptors (Lipinski definition) is 2. The van der Waals surface area contributed by atoms with Crippen molar-refractivity contribution in [2.45, 2.75) is 18.9 Å². The number of nitrogens with one attached hydrogen (secondary N) is 2. The van der Waals surface area contributed by atoms with Crippen molar-refractivity contribution in [3.8, 4) is 0 Å². The van der Waals surface area contributed by atoms with Gasteiger partial charge < -0.3 is 5.32 Å². The van der Waals surface area contributed by atoms with Gasteiger partial charge in [-0.05, 0) is 25.9 Å². The molecule has 0 radical (unpaired) electrons. The molecule has 1 fully saturated rings. The Hall–Kier alpha value is -1.03. The summed E-state index contributed by atoms with van der Waals surface area (Å²) in [4.78, 5) is 10.8. The molecule has 0 amide bonds. The smallest absolute Gasteiger partial charge is 0.264 e. The average molecular weight is 167 g/mol. The number of hydrogen-bond donors (Lipinski definition) is 2. The molecular weight excluding hydrogens is 154 g/mol. The molecule has 12 heavy (non-hydrogen) atoms. The number of H-pyrrole nitrogens is 1. The van der Waals surface area contributed by atoms with Gasteiger partial charge in [-0.25, -0.2) is 0 Å². The molecule has 0 atom stereocenters. The normalized spacial score (nSPS) is 19.7. The summed E-state index contributed by atoms with van der Waals surface area (Å²) in [6.07, 6.45) is 4.04. The second-order valence-electron chi connectivity index (χ2n) is 3.18. The summed E-state index contributed by atoms with van der Waals surface area (Å²) in [5.74, 6) is 0. The molecule has 0 unspecified atom stereocenters. The van der Waals surface area contributed by atoms with Gasteiger partial charge in [0.05, 0.1) is 6.04 Å². The van der Waals surface area contributed by atoms with Crippen LogP contribution in [0.1, 0.15) is 18.9 Å². The van der Waals surface area contributed by atoms with Gasteiger partial charge in [0.1, 0.15) is 0 Å². The number of aromatic amines is 1. The fourth-order valence-corrected chi connectivity index (χ4v) is 1.65. The summed E-state index contributed by atoms with van der Waals surface area (Å²) in [5.41, 5.74) is -0.00599. The standard InChI is InChI=1S/C8H13N3O/c12-8-3-6-11(10-8)7-1-4-9-5-2-7/h3,6-7,9H,1-2,4-5H2,(H,10,12). The van der Waals surface area contributed by atoms with Crippen LogP contribution < -0.4 is 10.9 Å². The summed E-state index contributed by atoms with van der Waals surface area (Å²) in [6.45, 7) is 2.09. The lowest BCUT2D eigenvalue weighted by atomic mass is 10.1. The fourth-order valence-electron chi connectivity index (χ4n) is 1.65. The van der Waals surface area contributed by atoms with Crippen molar-refractivity contribution in [3.05, 3.63) is 22.6 Å². The molecule has 66 valence electrons. The van der Waals surface area contributed by atoms with Crippen molar-refractivity contribution < 1.29 is 0 Å². The average Bonchev–Trinajstić information content (AvgIpc) is 2.54. The maximum atomic E-state index is 10.8. The number of aromatic nitrogens is 2. The van der Waals surface area contributed by atoms with Crippen molar-refractivity contribution in [2.24, 2.45) is 0 Å². The highest BCUT2D eigenvalue weighted by molar-refractivity contribution is 4.84. The van der Waals surface area contributed by atoms with Crippen LogP contribution in [-0.4, -0.2) is 22.9 Å². The molecule has 0 bridgehead atoms. The van der Waals surface area contributed by atoms with E-state index in [0.717, 1.165) is 25.9 Å². The number of nitrogens with zero attached hydrogens (tertiary/aromatic N) is 1. The first-order valence-electron chi connectivity index (χ1n) is 4.34. The number of rotatable bonds is 1. The zero-order chi connectivity index (χ0) is 8.39. The Morgan fingerprint density at radius 1 is 1.42 bits per heavy atom. The van der Waals surface area contributed by atoms with Gasteiger partial charge in [-0.3, -0.25) is 14.6 Å². The first-order chi connectivity index (χ1) is 5.86. The predicted molar refractivity (Wildman–Crippen MR) is 46.2 cm³/mol. The molecule has 1 aliphatic heterocycles. The highest BCUT2D eigenvalue weighted by atomic mass is 16.1. The molecule has 0 saturated carbocycles. The highest BCUT2D eigenvalue weighted by Gasteiger charge is 2.13. The van der Waals surface area contributed by atoms with E-state index in [2.05, 4.69) is 10.4 Å². The molecule has 4 heteroatoms. The SMILES string of the molecule is O=c1ccn(C2CCNCC2)[nH]1. The van der Waals surface area contributed by atoms with Gasteiger partial charge >= 0.3 is 0 Å². The van der Waals surface area contributed by atoms with E-state index in [0.29, 0.717) is 6.04 Å². The molecule has 0 aromatic carbocycles. The van der Waals surface area contributed by atoms with Crippen LogP contribution in [0.15, 0.2) is 17.1 Å². The molecule has 1 aliphatic rings. The van der Waals surface area contributed by atoms with E-state index in [-0.39, 0.29) is 5.56 Å². The van der Waals surface area contributed by atoms with Gasteiger partial charge in [-0.15, -0.1) is 0 Å². The Balaban J connectivity index is 2.13. The molecule has 2 heterocycles. The van der Waals surface area contributed by atoms with Crippen LogP contribution in [-0.2, 0) is 0 Å². The van der Waals surface area contributed by atoms with Gasteiger partial charge in [0.2, 0.25) is 0 Å². The van der Waals surface area contributed by atoms with Crippen LogP contribution in [0.3, 0.4) is 0 Å². The van der Waals surface area contributed by atoms with Crippen LogP contribution in [0.4, 0.5) is 0 Å². The predicted octanol–water partition coefficient (Wildman–Crippen LogP) is 0.101. The minimum Gasteiger partial charge on any atom is -0.317 e. The Labute approximate surface area is 70.6 Å². The summed E-state index contributed by atoms with van der Waals surface area (Å²) in [7, 11) is 0. The summed E-state index contributed by atoms with van der Waals surface area (Å²) in [6, 6.07) is 2.05. The van der Waals surface area contributed by atoms with Gasteiger partial charge in [0, 0.05) is 12.3 Å². The molecule has 0 aliphatic carbocycles. The van der Waals surface area contributed by atoms with E-state index in [1.54, 1.807) is 6.07 Å². The van der Waals surface area contributed by atoms with E-state index >= 15 is 0 Å². The lowest BCUT2D eigenvalue weighted by Crippen LogP contribution is -2.30. The Kier molecular flexibility index (Phi) is 1.99. The van der Waals surface area contributed by atoms with Crippen molar-refractivity contribution >= 4 is 0 Å². The molecule has 0 spiro atoms. The van der Waals surface area contributed by atoms with Gasteiger partial charge in [0.25, 0.3) is 5.56 Å². The van der Waals surface area contributed by atoms with Crippen molar-refractivity contribution in [2.75, 3.05) is 13.1 Å². The van der Waals surface area contributed by atoms with Gasteiger partial charge in [0.15, 0.2) is 0 Å². The zero-order valence-corrected chi connectivity index (χ0v) is 6.92. The van der Waals surface area contributed by atoms with Crippen molar-refractivity contribution in [1.82, 2.24) is 15.1 Å². The molecule has 2 rings (SSSR count). The Bertz CT molecular complexity index is 295. The van der Waals surface area contributed by atoms with Crippen LogP contribution in [0.5, 0.6) is 0 Å². The quantitative estimate of drug-likeness (QED) is 0.623. The second kappa shape index (κ2) is 3.15. The largest absolute Gasteiger partial charge is 0.317 e. The maximum absolute atomic E-state index is 10.8. The van der Waals surface area contributed by atoms with E-state index in [4.69, 9.17) is 0 Å². The van der Waals surface area contributed by atoms with Crippen molar-refractivity contribution in [3.63, 3.8) is 0 Å². The van der Waals surface area contributed by atoms with Crippen LogP contribution in [0, 0.1) is 0 Å². The molecule has 1 aromatic rings. The van der Waals surface area contributed by atoms with E-state index in [1.807, 2.05) is 10.9 Å². The van der Waals surface area contributed by atoms with Crippen LogP contribution >= 0.6 is 0 Å². The minimum atomic E-state index is -0.00599. The number of piperidine rings is 1. The Morgan fingerprint density at radius 3 is 2.75 bits per heavy atom. The monoisotopic (exact) mass is 167 g/mol. The molecular formula is C8H13N3O. The zero-order valence-electron chi connectivity index (χ0n) is 6.92. The summed E-state index contributed by atoms with van der Waals surface area (Å²) in [5, 5.41) is 6.07. The topological polar surface area (TPSA) is 49.8 Å². The van der Waals surface area contributed by atoms with Crippen LogP contribution in [0.2, 0.25) is 0 Å². The van der Waals surface area contributed by atoms with E-state index < -0.39 is 0 Å². The van der Waals surface area contributed by atoms with Crippen LogP contribution in [0.25, 0.3) is 0 Å². The first-order valence-corrected chi connectivity index (χ1v) is 4.34. The molecule has 4 nitrogen and oxygen atoms in total. The third kappa shape index (κ3) is 1.43. The van der Waals surface area contributed by atoms with Crippen molar-refractivity contribution in [1.29, 1.82) is 0 Å². The second-order valence-corrected chi connectivity index (χ2v) is 3.18. The van der Waals surface area contributed by atoms with E-state index in [1.165, 1.54) is 0 Å². The lowest BCUT2D eigenvalue weighted by molar-refractivity contribution is 0.342. The summed E-state index contributed by atoms with van der Waals surface area (Å²) < 4.78 is 1.92. The third-order valence-electron chi connectivity index (χ3n) is 2.33. The molecule has 1 saturated heterocycles. The molecule has 1 aromatic heterocycles. The lowest BCUT2D eigenvalue weighted by Gasteiger charge is -2.23. The minimum absolute atomic E-state index is 0.00599. The maximum Gasteiger partial charge on any atom is 0.264 e. The van der Waals surface area contributed by atoms with Gasteiger partial charge in [-0.2, -0.15) is 0 Å². The summed E-state index contributed by atoms with van der Waals surface area (Å²) >= 11 is 0. The van der Waals surface area contributed by atoms with Gasteiger partial charge in [-0.1, -0.05) is 0 Å². The highest BCUT2D eigenvalue weighted by Crippen LogP contribution is 2.15. The third-order valence-corrected chi connectivity index (χ3v) is 2.33. The fraction of sp³-hybridized carbons (Fsp3) is 0.625.